The highest BCUT2D eigenvalue weighted by atomic mass is 32.2. The van der Waals surface area contributed by atoms with Gasteiger partial charge < -0.3 is 5.32 Å². The fraction of sp³-hybridized carbons (Fsp3) is 0.632. The third-order valence-electron chi connectivity index (χ3n) is 4.93. The summed E-state index contributed by atoms with van der Waals surface area (Å²) in [5.41, 5.74) is 1.49. The first-order valence-electron chi connectivity index (χ1n) is 9.92. The molecular weight excluding hydrogens is 414 g/mol. The molecule has 1 aromatic rings. The van der Waals surface area contributed by atoms with Gasteiger partial charge in [0.25, 0.3) is 0 Å². The molecule has 1 aromatic carbocycles. The monoisotopic (exact) mass is 445 g/mol. The average molecular weight is 446 g/mol. The average Bonchev–Trinajstić information content (AvgIpc) is 2.67. The molecule has 0 aromatic heterocycles. The summed E-state index contributed by atoms with van der Waals surface area (Å²) in [6, 6.07) is 4.47. The van der Waals surface area contributed by atoms with Gasteiger partial charge in [-0.2, -0.15) is 4.31 Å². The van der Waals surface area contributed by atoms with Crippen LogP contribution in [-0.4, -0.2) is 58.5 Å². The van der Waals surface area contributed by atoms with Gasteiger partial charge in [-0.15, -0.1) is 0 Å². The maximum Gasteiger partial charge on any atom is 0.240 e. The summed E-state index contributed by atoms with van der Waals surface area (Å²) >= 11 is 0. The highest BCUT2D eigenvalue weighted by molar-refractivity contribution is 7.89. The third-order valence-corrected chi connectivity index (χ3v) is 8.60. The molecular formula is C19H31N3O5S2. The number of benzene rings is 1. The third kappa shape index (κ3) is 6.24. The van der Waals surface area contributed by atoms with Crippen LogP contribution in [0.3, 0.4) is 0 Å². The topological polar surface area (TPSA) is 113 Å². The Balaban J connectivity index is 1.94. The number of aryl methyl sites for hydroxylation is 2. The van der Waals surface area contributed by atoms with Gasteiger partial charge in [0.15, 0.2) is 0 Å². The summed E-state index contributed by atoms with van der Waals surface area (Å²) in [5.74, 6) is -0.359. The number of rotatable bonds is 9. The van der Waals surface area contributed by atoms with E-state index in [0.717, 1.165) is 18.4 Å². The van der Waals surface area contributed by atoms with Crippen LogP contribution in [0.1, 0.15) is 43.7 Å². The summed E-state index contributed by atoms with van der Waals surface area (Å²) in [5, 5.41) is 2.67. The molecule has 1 saturated heterocycles. The van der Waals surface area contributed by atoms with Crippen LogP contribution in [-0.2, 0) is 24.8 Å². The van der Waals surface area contributed by atoms with Crippen molar-refractivity contribution in [2.45, 2.75) is 57.4 Å². The highest BCUT2D eigenvalue weighted by Crippen LogP contribution is 2.21. The molecule has 0 aliphatic carbocycles. The molecule has 0 saturated carbocycles. The SMILES string of the molecule is CCCS(=O)(=O)N1CCCCC1C(=O)NCCNS(=O)(=O)c1cc(C)ccc1C. The molecule has 1 aliphatic heterocycles. The van der Waals surface area contributed by atoms with Gasteiger partial charge in [0.2, 0.25) is 26.0 Å². The zero-order valence-electron chi connectivity index (χ0n) is 17.3. The van der Waals surface area contributed by atoms with Crippen LogP contribution in [0.2, 0.25) is 0 Å². The lowest BCUT2D eigenvalue weighted by atomic mass is 10.0. The number of hydrogen-bond acceptors (Lipinski definition) is 5. The highest BCUT2D eigenvalue weighted by Gasteiger charge is 2.35. The van der Waals surface area contributed by atoms with Gasteiger partial charge in [-0.25, -0.2) is 21.6 Å². The smallest absolute Gasteiger partial charge is 0.240 e. The Hall–Kier alpha value is -1.49. The zero-order valence-corrected chi connectivity index (χ0v) is 18.9. The van der Waals surface area contributed by atoms with Gasteiger partial charge in [-0.05, 0) is 50.3 Å². The van der Waals surface area contributed by atoms with Crippen molar-refractivity contribution >= 4 is 26.0 Å². The Kier molecular flexibility index (Phi) is 8.21. The molecule has 2 rings (SSSR count). The number of sulfonamides is 2. The Morgan fingerprint density at radius 1 is 1.14 bits per heavy atom. The first-order valence-corrected chi connectivity index (χ1v) is 13.0. The van der Waals surface area contributed by atoms with Crippen LogP contribution in [0.5, 0.6) is 0 Å². The van der Waals surface area contributed by atoms with Crippen LogP contribution in [0, 0.1) is 13.8 Å². The van der Waals surface area contributed by atoms with Crippen molar-refractivity contribution in [2.24, 2.45) is 0 Å². The standard InChI is InChI=1S/C19H31N3O5S2/c1-4-13-28(24,25)22-12-6-5-7-17(22)19(23)20-10-11-21-29(26,27)18-14-15(2)8-9-16(18)3/h8-9,14,17,21H,4-7,10-13H2,1-3H3,(H,20,23). The van der Waals surface area contributed by atoms with Crippen molar-refractivity contribution in [1.82, 2.24) is 14.3 Å². The van der Waals surface area contributed by atoms with E-state index in [0.29, 0.717) is 24.9 Å². The van der Waals surface area contributed by atoms with E-state index in [9.17, 15) is 21.6 Å². The second-order valence-corrected chi connectivity index (χ2v) is 11.2. The summed E-state index contributed by atoms with van der Waals surface area (Å²) in [7, 11) is -7.15. The molecule has 2 N–H and O–H groups in total. The van der Waals surface area contributed by atoms with Crippen LogP contribution in [0.15, 0.2) is 23.1 Å². The minimum atomic E-state index is -3.69. The van der Waals surface area contributed by atoms with Gasteiger partial charge in [-0.1, -0.05) is 25.5 Å². The van der Waals surface area contributed by atoms with Gasteiger partial charge in [0.1, 0.15) is 6.04 Å². The van der Waals surface area contributed by atoms with E-state index >= 15 is 0 Å². The maximum atomic E-state index is 12.6. The number of piperidine rings is 1. The van der Waals surface area contributed by atoms with Crippen molar-refractivity contribution in [3.63, 3.8) is 0 Å². The van der Waals surface area contributed by atoms with E-state index in [1.54, 1.807) is 26.0 Å². The lowest BCUT2D eigenvalue weighted by Gasteiger charge is -2.33. The summed E-state index contributed by atoms with van der Waals surface area (Å²) in [6.07, 6.45) is 2.49. The molecule has 10 heteroatoms. The number of amides is 1. The van der Waals surface area contributed by atoms with Crippen molar-refractivity contribution in [1.29, 1.82) is 0 Å². The van der Waals surface area contributed by atoms with Crippen LogP contribution in [0.25, 0.3) is 0 Å². The second kappa shape index (κ2) is 10.0. The Morgan fingerprint density at radius 2 is 1.86 bits per heavy atom. The lowest BCUT2D eigenvalue weighted by Crippen LogP contribution is -2.53. The van der Waals surface area contributed by atoms with Crippen molar-refractivity contribution in [3.8, 4) is 0 Å². The van der Waals surface area contributed by atoms with Crippen molar-refractivity contribution in [3.05, 3.63) is 29.3 Å². The molecule has 1 amide bonds. The number of carbonyl (C=O) groups excluding carboxylic acids is 1. The molecule has 29 heavy (non-hydrogen) atoms. The van der Waals surface area contributed by atoms with E-state index < -0.39 is 26.1 Å². The molecule has 0 radical (unpaired) electrons. The quantitative estimate of drug-likeness (QED) is 0.556. The fourth-order valence-electron chi connectivity index (χ4n) is 3.44. The van der Waals surface area contributed by atoms with E-state index in [-0.39, 0.29) is 29.6 Å². The second-order valence-electron chi connectivity index (χ2n) is 7.40. The van der Waals surface area contributed by atoms with Crippen LogP contribution < -0.4 is 10.0 Å². The summed E-state index contributed by atoms with van der Waals surface area (Å²) in [4.78, 5) is 12.8. The molecule has 1 unspecified atom stereocenters. The Bertz CT molecular complexity index is 929. The normalized spacial score (nSPS) is 18.5. The van der Waals surface area contributed by atoms with Gasteiger partial charge in [0.05, 0.1) is 10.6 Å². The molecule has 164 valence electrons. The predicted molar refractivity (Wildman–Crippen MR) is 113 cm³/mol. The largest absolute Gasteiger partial charge is 0.353 e. The van der Waals surface area contributed by atoms with E-state index in [1.165, 1.54) is 4.31 Å². The predicted octanol–water partition coefficient (Wildman–Crippen LogP) is 1.29. The van der Waals surface area contributed by atoms with Gasteiger partial charge in [-0.3, -0.25) is 4.79 Å². The number of hydrogen-bond donors (Lipinski definition) is 2. The number of nitrogens with zero attached hydrogens (tertiary/aromatic N) is 1. The van der Waals surface area contributed by atoms with Gasteiger partial charge in [0, 0.05) is 19.6 Å². The Morgan fingerprint density at radius 3 is 2.55 bits per heavy atom. The lowest BCUT2D eigenvalue weighted by molar-refractivity contribution is -0.125. The first-order chi connectivity index (χ1) is 13.6. The van der Waals surface area contributed by atoms with E-state index in [4.69, 9.17) is 0 Å². The van der Waals surface area contributed by atoms with Gasteiger partial charge >= 0.3 is 0 Å². The molecule has 8 nitrogen and oxygen atoms in total. The van der Waals surface area contributed by atoms with Crippen LogP contribution in [0.4, 0.5) is 0 Å². The molecule has 0 bridgehead atoms. The van der Waals surface area contributed by atoms with E-state index in [1.807, 2.05) is 13.0 Å². The molecule has 1 atom stereocenters. The summed E-state index contributed by atoms with van der Waals surface area (Å²) < 4.78 is 53.6. The minimum Gasteiger partial charge on any atom is -0.353 e. The number of nitrogens with one attached hydrogen (secondary N) is 2. The number of carbonyl (C=O) groups is 1. The van der Waals surface area contributed by atoms with Crippen molar-refractivity contribution in [2.75, 3.05) is 25.4 Å². The van der Waals surface area contributed by atoms with E-state index in [2.05, 4.69) is 10.0 Å². The fourth-order valence-corrected chi connectivity index (χ4v) is 6.54. The molecule has 1 heterocycles. The zero-order chi connectivity index (χ0) is 21.7. The molecule has 1 fully saturated rings. The minimum absolute atomic E-state index is 0.0203. The van der Waals surface area contributed by atoms with Crippen molar-refractivity contribution < 1.29 is 21.6 Å². The molecule has 0 spiro atoms. The summed E-state index contributed by atoms with van der Waals surface area (Å²) in [6.45, 7) is 5.79. The molecule has 1 aliphatic rings. The van der Waals surface area contributed by atoms with Crippen LogP contribution >= 0.6 is 0 Å². The Labute approximate surface area is 174 Å². The first kappa shape index (κ1) is 23.8. The maximum absolute atomic E-state index is 12.6.